The average molecular weight is 314 g/mol. The van der Waals surface area contributed by atoms with Crippen LogP contribution in [0.5, 0.6) is 0 Å². The molecule has 19 heavy (non-hydrogen) atoms. The van der Waals surface area contributed by atoms with Gasteiger partial charge >= 0.3 is 25.8 Å². The molecular formula is C12H23NO3Si3. The molecular weight excluding hydrogens is 290 g/mol. The highest BCUT2D eigenvalue weighted by molar-refractivity contribution is 6.92. The molecule has 0 saturated carbocycles. The van der Waals surface area contributed by atoms with E-state index in [9.17, 15) is 0 Å². The van der Waals surface area contributed by atoms with Crippen LogP contribution in [0.2, 0.25) is 32.7 Å². The van der Waals surface area contributed by atoms with E-state index in [-0.39, 0.29) is 0 Å². The Morgan fingerprint density at radius 1 is 0.842 bits per heavy atom. The van der Waals surface area contributed by atoms with Gasteiger partial charge in [0.1, 0.15) is 0 Å². The van der Waals surface area contributed by atoms with E-state index in [1.165, 1.54) is 5.56 Å². The summed E-state index contributed by atoms with van der Waals surface area (Å²) in [5.41, 5.74) is 1.24. The molecule has 1 aromatic rings. The van der Waals surface area contributed by atoms with Gasteiger partial charge in [-0.15, -0.1) is 0 Å². The molecule has 0 aliphatic carbocycles. The lowest BCUT2D eigenvalue weighted by molar-refractivity contribution is 0.222. The second-order valence-electron chi connectivity index (χ2n) is 5.89. The minimum atomic E-state index is -2.34. The van der Waals surface area contributed by atoms with Crippen molar-refractivity contribution in [3.63, 3.8) is 0 Å². The Labute approximate surface area is 118 Å². The fourth-order valence-electron chi connectivity index (χ4n) is 2.52. The third-order valence-electron chi connectivity index (χ3n) is 2.83. The Kier molecular flexibility index (Phi) is 4.17. The predicted molar refractivity (Wildman–Crippen MR) is 83.1 cm³/mol. The van der Waals surface area contributed by atoms with Crippen molar-refractivity contribution in [1.82, 2.24) is 4.98 Å². The van der Waals surface area contributed by atoms with Gasteiger partial charge in [-0.25, -0.2) is 0 Å². The summed E-state index contributed by atoms with van der Waals surface area (Å²) in [6.45, 7) is 11.2. The number of nitrogens with one attached hydrogen (secondary N) is 1. The molecule has 0 spiro atoms. The highest BCUT2D eigenvalue weighted by Crippen LogP contribution is 2.29. The Hall–Kier alpha value is -0.289. The van der Waals surface area contributed by atoms with Crippen LogP contribution in [0, 0.1) is 0 Å². The first kappa shape index (κ1) is 15.1. The lowest BCUT2D eigenvalue weighted by Gasteiger charge is -2.47. The summed E-state index contributed by atoms with van der Waals surface area (Å²) in [6.07, 6.45) is 0. The van der Waals surface area contributed by atoms with E-state index in [0.29, 0.717) is 0 Å². The Bertz CT molecular complexity index is 423. The van der Waals surface area contributed by atoms with Crippen molar-refractivity contribution in [2.75, 3.05) is 0 Å². The topological polar surface area (TPSA) is 39.7 Å². The summed E-state index contributed by atoms with van der Waals surface area (Å²) in [6, 6.07) is 10.3. The molecule has 0 aromatic heterocycles. The fraction of sp³-hybridized carbons (Fsp3) is 0.500. The first-order valence-corrected chi connectivity index (χ1v) is 14.5. The molecule has 106 valence electrons. The molecule has 4 nitrogen and oxygen atoms in total. The first-order chi connectivity index (χ1) is 8.70. The lowest BCUT2D eigenvalue weighted by atomic mass is 10.2. The third kappa shape index (κ3) is 4.35. The summed E-state index contributed by atoms with van der Waals surface area (Å²) < 4.78 is 18.4. The third-order valence-corrected chi connectivity index (χ3v) is 14.6. The number of benzene rings is 1. The van der Waals surface area contributed by atoms with Crippen molar-refractivity contribution in [2.24, 2.45) is 0 Å². The van der Waals surface area contributed by atoms with Gasteiger partial charge in [0.15, 0.2) is 0 Å². The fourth-order valence-corrected chi connectivity index (χ4v) is 17.5. The van der Waals surface area contributed by atoms with Crippen LogP contribution in [-0.2, 0) is 18.9 Å². The van der Waals surface area contributed by atoms with E-state index < -0.39 is 25.8 Å². The molecule has 1 aliphatic rings. The number of hydrogen-bond donors (Lipinski definition) is 1. The van der Waals surface area contributed by atoms with Crippen molar-refractivity contribution in [3.05, 3.63) is 35.9 Å². The Morgan fingerprint density at radius 3 is 1.89 bits per heavy atom. The van der Waals surface area contributed by atoms with Crippen LogP contribution >= 0.6 is 0 Å². The van der Waals surface area contributed by atoms with E-state index in [4.69, 9.17) is 12.3 Å². The molecule has 0 unspecified atom stereocenters. The average Bonchev–Trinajstić information content (AvgIpc) is 2.23. The highest BCUT2D eigenvalue weighted by Gasteiger charge is 2.53. The monoisotopic (exact) mass is 313 g/mol. The summed E-state index contributed by atoms with van der Waals surface area (Å²) >= 11 is 0. The minimum absolute atomic E-state index is 0.776. The molecule has 2 rings (SSSR count). The van der Waals surface area contributed by atoms with Gasteiger partial charge in [-0.1, -0.05) is 30.3 Å². The largest absolute Gasteiger partial charge is 0.416 e. The van der Waals surface area contributed by atoms with Crippen LogP contribution in [0.25, 0.3) is 0 Å². The van der Waals surface area contributed by atoms with Crippen molar-refractivity contribution in [3.8, 4) is 0 Å². The Balaban J connectivity index is 2.05. The Morgan fingerprint density at radius 2 is 1.37 bits per heavy atom. The molecule has 0 bridgehead atoms. The lowest BCUT2D eigenvalue weighted by Crippen LogP contribution is -2.70. The molecule has 1 N–H and O–H groups in total. The maximum Gasteiger partial charge on any atom is 0.404 e. The predicted octanol–water partition coefficient (Wildman–Crippen LogP) is 2.81. The zero-order chi connectivity index (χ0) is 14.1. The first-order valence-electron chi connectivity index (χ1n) is 6.59. The van der Waals surface area contributed by atoms with Crippen LogP contribution in [0.3, 0.4) is 0 Å². The zero-order valence-electron chi connectivity index (χ0n) is 12.3. The summed E-state index contributed by atoms with van der Waals surface area (Å²) in [5.74, 6) is 0. The molecule has 0 radical (unpaired) electrons. The zero-order valence-corrected chi connectivity index (χ0v) is 15.3. The standard InChI is InChI=1S/C12H23NO3Si3/c1-17(2)14-18(3,4)16-19(5,15-17)13-11-12-9-7-6-8-10-12/h6-10,13H,11H2,1-5H3. The molecule has 1 aliphatic heterocycles. The molecule has 1 heterocycles. The van der Waals surface area contributed by atoms with Crippen LogP contribution in [0.15, 0.2) is 30.3 Å². The van der Waals surface area contributed by atoms with E-state index in [0.717, 1.165) is 6.54 Å². The molecule has 1 saturated heterocycles. The van der Waals surface area contributed by atoms with Crippen molar-refractivity contribution >= 4 is 25.8 Å². The van der Waals surface area contributed by atoms with Gasteiger partial charge in [-0.2, -0.15) is 0 Å². The molecule has 0 atom stereocenters. The van der Waals surface area contributed by atoms with Gasteiger partial charge in [-0.3, -0.25) is 4.98 Å². The maximum atomic E-state index is 6.18. The van der Waals surface area contributed by atoms with Gasteiger partial charge in [0.05, 0.1) is 0 Å². The maximum absolute atomic E-state index is 6.18. The molecule has 1 fully saturated rings. The quantitative estimate of drug-likeness (QED) is 0.871. The molecule has 7 heteroatoms. The second-order valence-corrected chi connectivity index (χ2v) is 16.2. The number of hydrogen-bond acceptors (Lipinski definition) is 4. The van der Waals surface area contributed by atoms with Crippen LogP contribution in [0.1, 0.15) is 5.56 Å². The van der Waals surface area contributed by atoms with Crippen molar-refractivity contribution in [2.45, 2.75) is 39.3 Å². The molecule has 1 aromatic carbocycles. The smallest absolute Gasteiger partial charge is 0.404 e. The highest BCUT2D eigenvalue weighted by atomic mass is 28.5. The number of rotatable bonds is 3. The van der Waals surface area contributed by atoms with Crippen molar-refractivity contribution in [1.29, 1.82) is 0 Å². The van der Waals surface area contributed by atoms with E-state index in [1.807, 2.05) is 18.2 Å². The summed E-state index contributed by atoms with van der Waals surface area (Å²) in [4.78, 5) is 3.51. The van der Waals surface area contributed by atoms with Gasteiger partial charge in [0.2, 0.25) is 0 Å². The van der Waals surface area contributed by atoms with E-state index in [2.05, 4.69) is 49.9 Å². The van der Waals surface area contributed by atoms with Crippen LogP contribution in [-0.4, -0.2) is 25.8 Å². The SMILES string of the molecule is C[Si]1(C)O[Si](C)(C)O[Si](C)(NCc2ccccc2)O1. The van der Waals surface area contributed by atoms with Gasteiger partial charge in [-0.05, 0) is 38.3 Å². The summed E-state index contributed by atoms with van der Waals surface area (Å²) in [7, 11) is -6.47. The van der Waals surface area contributed by atoms with E-state index in [1.54, 1.807) is 0 Å². The minimum Gasteiger partial charge on any atom is -0.416 e. The van der Waals surface area contributed by atoms with Gasteiger partial charge in [0.25, 0.3) is 0 Å². The van der Waals surface area contributed by atoms with Crippen LogP contribution < -0.4 is 4.98 Å². The van der Waals surface area contributed by atoms with Gasteiger partial charge in [0, 0.05) is 6.54 Å². The van der Waals surface area contributed by atoms with Gasteiger partial charge < -0.3 is 12.3 Å². The second kappa shape index (κ2) is 5.24. The summed E-state index contributed by atoms with van der Waals surface area (Å²) in [5, 5.41) is 0. The molecule has 0 amide bonds. The van der Waals surface area contributed by atoms with E-state index >= 15 is 0 Å². The van der Waals surface area contributed by atoms with Crippen LogP contribution in [0.4, 0.5) is 0 Å². The normalized spacial score (nSPS) is 24.1. The van der Waals surface area contributed by atoms with Crippen molar-refractivity contribution < 1.29 is 12.3 Å².